The maximum atomic E-state index is 11.7. The van der Waals surface area contributed by atoms with Gasteiger partial charge in [0, 0.05) is 0 Å². The molecule has 5 nitrogen and oxygen atoms in total. The molecular formula is C13H15NO4. The Hall–Kier alpha value is -2.04. The first kappa shape index (κ1) is 12.4. The number of aryl methyl sites for hydroxylation is 1. The van der Waals surface area contributed by atoms with Gasteiger partial charge in [-0.1, -0.05) is 6.07 Å². The van der Waals surface area contributed by atoms with Crippen molar-refractivity contribution in [1.82, 2.24) is 0 Å². The molecule has 1 heterocycles. The number of rotatable bonds is 3. The first-order valence-corrected chi connectivity index (χ1v) is 5.84. The predicted molar refractivity (Wildman–Crippen MR) is 65.5 cm³/mol. The number of nitrogens with one attached hydrogen (secondary N) is 1. The molecule has 1 aliphatic heterocycles. The number of amides is 1. The van der Waals surface area contributed by atoms with Crippen LogP contribution in [0.25, 0.3) is 0 Å². The average Bonchev–Trinajstić information content (AvgIpc) is 2.31. The Balaban J connectivity index is 2.12. The van der Waals surface area contributed by atoms with Crippen LogP contribution in [-0.2, 0) is 14.3 Å². The van der Waals surface area contributed by atoms with Crippen LogP contribution in [0.5, 0.6) is 5.75 Å². The molecule has 1 N–H and O–H groups in total. The zero-order valence-electron chi connectivity index (χ0n) is 10.4. The molecule has 5 heteroatoms. The van der Waals surface area contributed by atoms with Gasteiger partial charge < -0.3 is 14.8 Å². The zero-order valence-corrected chi connectivity index (χ0v) is 10.4. The molecule has 1 amide bonds. The number of anilines is 1. The maximum absolute atomic E-state index is 11.7. The van der Waals surface area contributed by atoms with Gasteiger partial charge in [0.05, 0.1) is 18.7 Å². The van der Waals surface area contributed by atoms with Gasteiger partial charge in [-0.15, -0.1) is 0 Å². The van der Waals surface area contributed by atoms with Gasteiger partial charge >= 0.3 is 5.97 Å². The largest absolute Gasteiger partial charge is 0.478 e. The van der Waals surface area contributed by atoms with Crippen LogP contribution in [0, 0.1) is 6.92 Å². The topological polar surface area (TPSA) is 64.6 Å². The van der Waals surface area contributed by atoms with E-state index < -0.39 is 12.1 Å². The van der Waals surface area contributed by atoms with Crippen LogP contribution >= 0.6 is 0 Å². The van der Waals surface area contributed by atoms with E-state index in [1.54, 1.807) is 13.0 Å². The van der Waals surface area contributed by atoms with Gasteiger partial charge in [-0.25, -0.2) is 0 Å². The molecular weight excluding hydrogens is 234 g/mol. The normalized spacial score (nSPS) is 17.4. The molecule has 1 aromatic carbocycles. The first-order chi connectivity index (χ1) is 8.60. The molecule has 0 fully saturated rings. The predicted octanol–water partition coefficient (Wildman–Crippen LogP) is 1.65. The Labute approximate surface area is 105 Å². The van der Waals surface area contributed by atoms with Gasteiger partial charge in [0.25, 0.3) is 5.91 Å². The summed E-state index contributed by atoms with van der Waals surface area (Å²) in [5.41, 5.74) is 1.66. The van der Waals surface area contributed by atoms with Gasteiger partial charge in [0.1, 0.15) is 5.75 Å². The highest BCUT2D eigenvalue weighted by atomic mass is 16.5. The van der Waals surface area contributed by atoms with E-state index in [4.69, 9.17) is 9.47 Å². The summed E-state index contributed by atoms with van der Waals surface area (Å²) in [7, 11) is 0. The highest BCUT2D eigenvalue weighted by Crippen LogP contribution is 2.31. The van der Waals surface area contributed by atoms with E-state index in [2.05, 4.69) is 5.32 Å². The van der Waals surface area contributed by atoms with Crippen molar-refractivity contribution in [3.63, 3.8) is 0 Å². The molecule has 1 aromatic rings. The minimum atomic E-state index is -0.821. The SMILES string of the molecule is CCOC(=O)CC1Oc2cc(C)ccc2NC1=O. The molecule has 96 valence electrons. The smallest absolute Gasteiger partial charge is 0.310 e. The van der Waals surface area contributed by atoms with Crippen molar-refractivity contribution >= 4 is 17.6 Å². The van der Waals surface area contributed by atoms with Crippen molar-refractivity contribution < 1.29 is 19.1 Å². The zero-order chi connectivity index (χ0) is 13.1. The minimum Gasteiger partial charge on any atom is -0.478 e. The monoisotopic (exact) mass is 249 g/mol. The standard InChI is InChI=1S/C13H15NO4/c1-3-17-12(15)7-11-13(16)14-9-5-4-8(2)6-10(9)18-11/h4-6,11H,3,7H2,1-2H3,(H,14,16). The second kappa shape index (κ2) is 5.08. The summed E-state index contributed by atoms with van der Waals surface area (Å²) in [5.74, 6) is -0.169. The number of hydrogen-bond acceptors (Lipinski definition) is 4. The Morgan fingerprint density at radius 2 is 2.28 bits per heavy atom. The number of carbonyl (C=O) groups is 2. The molecule has 1 unspecified atom stereocenters. The Morgan fingerprint density at radius 1 is 1.50 bits per heavy atom. The molecule has 0 saturated heterocycles. The van der Waals surface area contributed by atoms with Crippen molar-refractivity contribution in [2.24, 2.45) is 0 Å². The summed E-state index contributed by atoms with van der Waals surface area (Å²) in [5, 5.41) is 2.71. The van der Waals surface area contributed by atoms with Gasteiger partial charge in [-0.2, -0.15) is 0 Å². The summed E-state index contributed by atoms with van der Waals surface area (Å²) in [6.45, 7) is 3.95. The van der Waals surface area contributed by atoms with Gasteiger partial charge in [0.2, 0.25) is 0 Å². The molecule has 0 saturated carbocycles. The third-order valence-corrected chi connectivity index (χ3v) is 2.61. The van der Waals surface area contributed by atoms with Crippen LogP contribution in [0.2, 0.25) is 0 Å². The lowest BCUT2D eigenvalue weighted by atomic mass is 10.1. The second-order valence-corrected chi connectivity index (χ2v) is 4.10. The van der Waals surface area contributed by atoms with Crippen LogP contribution in [0.15, 0.2) is 18.2 Å². The Bertz CT molecular complexity index is 484. The van der Waals surface area contributed by atoms with E-state index in [-0.39, 0.29) is 12.3 Å². The molecule has 0 radical (unpaired) electrons. The molecule has 0 aliphatic carbocycles. The van der Waals surface area contributed by atoms with Gasteiger partial charge in [-0.3, -0.25) is 9.59 Å². The Morgan fingerprint density at radius 3 is 3.00 bits per heavy atom. The lowest BCUT2D eigenvalue weighted by molar-refractivity contribution is -0.147. The number of benzene rings is 1. The van der Waals surface area contributed by atoms with E-state index in [9.17, 15) is 9.59 Å². The van der Waals surface area contributed by atoms with Crippen LogP contribution in [0.3, 0.4) is 0 Å². The molecule has 0 aromatic heterocycles. The lowest BCUT2D eigenvalue weighted by Gasteiger charge is -2.25. The van der Waals surface area contributed by atoms with Crippen LogP contribution in [0.1, 0.15) is 18.9 Å². The third kappa shape index (κ3) is 2.61. The van der Waals surface area contributed by atoms with E-state index in [0.29, 0.717) is 18.0 Å². The van der Waals surface area contributed by atoms with Crippen LogP contribution in [-0.4, -0.2) is 24.6 Å². The summed E-state index contributed by atoms with van der Waals surface area (Å²) >= 11 is 0. The van der Waals surface area contributed by atoms with E-state index >= 15 is 0 Å². The second-order valence-electron chi connectivity index (χ2n) is 4.10. The van der Waals surface area contributed by atoms with E-state index in [1.807, 2.05) is 19.1 Å². The molecule has 0 spiro atoms. The quantitative estimate of drug-likeness (QED) is 0.827. The fraction of sp³-hybridized carbons (Fsp3) is 0.385. The molecule has 1 atom stereocenters. The van der Waals surface area contributed by atoms with Crippen molar-refractivity contribution in [3.8, 4) is 5.75 Å². The van der Waals surface area contributed by atoms with Gasteiger partial charge in [0.15, 0.2) is 6.10 Å². The van der Waals surface area contributed by atoms with Crippen molar-refractivity contribution in [2.75, 3.05) is 11.9 Å². The highest BCUT2D eigenvalue weighted by Gasteiger charge is 2.30. The fourth-order valence-corrected chi connectivity index (χ4v) is 1.76. The summed E-state index contributed by atoms with van der Waals surface area (Å²) in [6, 6.07) is 5.49. The average molecular weight is 249 g/mol. The number of fused-ring (bicyclic) bond motifs is 1. The Kier molecular flexibility index (Phi) is 3.50. The van der Waals surface area contributed by atoms with E-state index in [0.717, 1.165) is 5.56 Å². The number of carbonyl (C=O) groups excluding carboxylic acids is 2. The highest BCUT2D eigenvalue weighted by molar-refractivity contribution is 5.99. The maximum Gasteiger partial charge on any atom is 0.310 e. The molecule has 18 heavy (non-hydrogen) atoms. The number of ether oxygens (including phenoxy) is 2. The molecule has 0 bridgehead atoms. The molecule has 2 rings (SSSR count). The third-order valence-electron chi connectivity index (χ3n) is 2.61. The first-order valence-electron chi connectivity index (χ1n) is 5.84. The minimum absolute atomic E-state index is 0.0763. The van der Waals surface area contributed by atoms with E-state index in [1.165, 1.54) is 0 Å². The van der Waals surface area contributed by atoms with Crippen molar-refractivity contribution in [3.05, 3.63) is 23.8 Å². The number of hydrogen-bond donors (Lipinski definition) is 1. The number of esters is 1. The molecule has 1 aliphatic rings. The van der Waals surface area contributed by atoms with Gasteiger partial charge in [-0.05, 0) is 31.5 Å². The van der Waals surface area contributed by atoms with Crippen LogP contribution < -0.4 is 10.1 Å². The summed E-state index contributed by atoms with van der Waals surface area (Å²) in [6.07, 6.45) is -0.897. The fourth-order valence-electron chi connectivity index (χ4n) is 1.76. The summed E-state index contributed by atoms with van der Waals surface area (Å²) in [4.78, 5) is 23.1. The van der Waals surface area contributed by atoms with Crippen molar-refractivity contribution in [1.29, 1.82) is 0 Å². The van der Waals surface area contributed by atoms with Crippen LogP contribution in [0.4, 0.5) is 5.69 Å². The summed E-state index contributed by atoms with van der Waals surface area (Å²) < 4.78 is 10.3. The van der Waals surface area contributed by atoms with Crippen molar-refractivity contribution in [2.45, 2.75) is 26.4 Å². The lowest BCUT2D eigenvalue weighted by Crippen LogP contribution is -2.38.